The first-order valence-corrected chi connectivity index (χ1v) is 6.81. The Bertz CT molecular complexity index is 593. The summed E-state index contributed by atoms with van der Waals surface area (Å²) >= 11 is 0. The number of halogens is 1. The van der Waals surface area contributed by atoms with Crippen LogP contribution < -0.4 is 4.74 Å². The minimum Gasteiger partial charge on any atom is -0.493 e. The molecule has 3 nitrogen and oxygen atoms in total. The monoisotopic (exact) mass is 288 g/mol. The summed E-state index contributed by atoms with van der Waals surface area (Å²) in [4.78, 5) is 11.9. The molecular formula is C17H17FO3. The van der Waals surface area contributed by atoms with Crippen LogP contribution >= 0.6 is 0 Å². The van der Waals surface area contributed by atoms with E-state index in [2.05, 4.69) is 0 Å². The number of carbonyl (C=O) groups excluding carboxylic acids is 1. The van der Waals surface area contributed by atoms with Crippen molar-refractivity contribution in [1.29, 1.82) is 0 Å². The lowest BCUT2D eigenvalue weighted by molar-refractivity contribution is 0.0973. The van der Waals surface area contributed by atoms with E-state index in [1.165, 1.54) is 24.3 Å². The molecule has 0 heterocycles. The van der Waals surface area contributed by atoms with Crippen LogP contribution in [0.5, 0.6) is 5.75 Å². The van der Waals surface area contributed by atoms with Gasteiger partial charge in [0.2, 0.25) is 0 Å². The van der Waals surface area contributed by atoms with Crippen LogP contribution in [0.1, 0.15) is 28.8 Å². The zero-order chi connectivity index (χ0) is 15.1. The number of benzene rings is 2. The van der Waals surface area contributed by atoms with Gasteiger partial charge in [-0.05, 0) is 36.8 Å². The molecule has 0 saturated carbocycles. The fourth-order valence-electron chi connectivity index (χ4n) is 1.97. The molecule has 0 bridgehead atoms. The van der Waals surface area contributed by atoms with Crippen molar-refractivity contribution in [3.8, 4) is 5.75 Å². The number of hydrogen-bond donors (Lipinski definition) is 1. The van der Waals surface area contributed by atoms with Crippen molar-refractivity contribution in [2.45, 2.75) is 19.4 Å². The van der Waals surface area contributed by atoms with Crippen LogP contribution in [0.4, 0.5) is 4.39 Å². The smallest absolute Gasteiger partial charge is 0.163 e. The lowest BCUT2D eigenvalue weighted by atomic mass is 10.1. The van der Waals surface area contributed by atoms with Gasteiger partial charge in [0.25, 0.3) is 0 Å². The van der Waals surface area contributed by atoms with E-state index in [1.54, 1.807) is 12.1 Å². The number of Topliss-reactive ketones (excluding diaryl/α,β-unsaturated/α-hetero) is 1. The molecule has 0 aliphatic carbocycles. The molecule has 0 saturated heterocycles. The summed E-state index contributed by atoms with van der Waals surface area (Å²) in [5, 5.41) is 9.17. The molecule has 0 aliphatic rings. The summed E-state index contributed by atoms with van der Waals surface area (Å²) in [7, 11) is 0. The van der Waals surface area contributed by atoms with Gasteiger partial charge in [-0.2, -0.15) is 0 Å². The van der Waals surface area contributed by atoms with E-state index in [0.717, 1.165) is 5.56 Å². The first-order valence-electron chi connectivity index (χ1n) is 6.81. The van der Waals surface area contributed by atoms with Gasteiger partial charge in [-0.25, -0.2) is 4.39 Å². The van der Waals surface area contributed by atoms with Crippen molar-refractivity contribution in [3.63, 3.8) is 0 Å². The first-order chi connectivity index (χ1) is 10.2. The third kappa shape index (κ3) is 4.39. The van der Waals surface area contributed by atoms with Gasteiger partial charge < -0.3 is 9.84 Å². The van der Waals surface area contributed by atoms with Crippen LogP contribution in [0, 0.1) is 5.82 Å². The van der Waals surface area contributed by atoms with Gasteiger partial charge in [-0.15, -0.1) is 0 Å². The molecule has 4 heteroatoms. The largest absolute Gasteiger partial charge is 0.493 e. The Morgan fingerprint density at radius 2 is 1.81 bits per heavy atom. The van der Waals surface area contributed by atoms with Gasteiger partial charge in [0.1, 0.15) is 11.6 Å². The van der Waals surface area contributed by atoms with Crippen molar-refractivity contribution in [2.24, 2.45) is 0 Å². The number of rotatable bonds is 7. The highest BCUT2D eigenvalue weighted by atomic mass is 19.1. The molecule has 0 fully saturated rings. The highest BCUT2D eigenvalue weighted by Gasteiger charge is 2.06. The van der Waals surface area contributed by atoms with Crippen LogP contribution in [-0.2, 0) is 6.61 Å². The van der Waals surface area contributed by atoms with Gasteiger partial charge >= 0.3 is 0 Å². The quantitative estimate of drug-likeness (QED) is 0.627. The molecule has 0 amide bonds. The molecule has 21 heavy (non-hydrogen) atoms. The average molecular weight is 288 g/mol. The second-order valence-corrected chi connectivity index (χ2v) is 4.65. The number of hydrogen-bond acceptors (Lipinski definition) is 3. The minimum absolute atomic E-state index is 0.0333. The van der Waals surface area contributed by atoms with Crippen LogP contribution in [0.2, 0.25) is 0 Å². The van der Waals surface area contributed by atoms with E-state index in [0.29, 0.717) is 30.8 Å². The van der Waals surface area contributed by atoms with Crippen LogP contribution in [-0.4, -0.2) is 17.5 Å². The molecule has 2 rings (SSSR count). The van der Waals surface area contributed by atoms with E-state index < -0.39 is 0 Å². The number of carbonyl (C=O) groups is 1. The highest BCUT2D eigenvalue weighted by molar-refractivity contribution is 5.95. The fraction of sp³-hybridized carbons (Fsp3) is 0.235. The van der Waals surface area contributed by atoms with Crippen molar-refractivity contribution in [2.75, 3.05) is 6.61 Å². The zero-order valence-corrected chi connectivity index (χ0v) is 11.6. The number of aliphatic hydroxyl groups is 1. The van der Waals surface area contributed by atoms with Gasteiger partial charge in [-0.3, -0.25) is 4.79 Å². The molecule has 0 unspecified atom stereocenters. The van der Waals surface area contributed by atoms with E-state index in [-0.39, 0.29) is 18.2 Å². The van der Waals surface area contributed by atoms with Crippen LogP contribution in [0.15, 0.2) is 48.5 Å². The molecule has 0 atom stereocenters. The molecule has 0 spiro atoms. The zero-order valence-electron chi connectivity index (χ0n) is 11.6. The van der Waals surface area contributed by atoms with E-state index >= 15 is 0 Å². The van der Waals surface area contributed by atoms with Crippen molar-refractivity contribution < 1.29 is 19.0 Å². The van der Waals surface area contributed by atoms with Crippen LogP contribution in [0.3, 0.4) is 0 Å². The summed E-state index contributed by atoms with van der Waals surface area (Å²) < 4.78 is 18.3. The maximum absolute atomic E-state index is 12.8. The van der Waals surface area contributed by atoms with Crippen molar-refractivity contribution in [1.82, 2.24) is 0 Å². The third-order valence-electron chi connectivity index (χ3n) is 3.11. The molecule has 2 aromatic rings. The number of ketones is 1. The maximum Gasteiger partial charge on any atom is 0.163 e. The summed E-state index contributed by atoms with van der Waals surface area (Å²) in [6, 6.07) is 12.8. The average Bonchev–Trinajstić information content (AvgIpc) is 2.52. The molecule has 1 N–H and O–H groups in total. The van der Waals surface area contributed by atoms with Gasteiger partial charge in [0.15, 0.2) is 5.78 Å². The Morgan fingerprint density at radius 3 is 2.52 bits per heavy atom. The fourth-order valence-corrected chi connectivity index (χ4v) is 1.97. The normalized spacial score (nSPS) is 10.4. The topological polar surface area (TPSA) is 46.5 Å². The van der Waals surface area contributed by atoms with E-state index in [9.17, 15) is 9.18 Å². The number of aliphatic hydroxyl groups excluding tert-OH is 1. The lowest BCUT2D eigenvalue weighted by Gasteiger charge is -2.09. The highest BCUT2D eigenvalue weighted by Crippen LogP contribution is 2.18. The number of para-hydroxylation sites is 1. The lowest BCUT2D eigenvalue weighted by Crippen LogP contribution is -2.05. The summed E-state index contributed by atoms with van der Waals surface area (Å²) in [6.45, 7) is 0.314. The third-order valence-corrected chi connectivity index (χ3v) is 3.11. The Labute approximate surface area is 123 Å². The second-order valence-electron chi connectivity index (χ2n) is 4.65. The standard InChI is InChI=1S/C17H17FO3/c18-15-9-7-13(8-10-15)16(20)5-3-11-21-17-6-2-1-4-14(17)12-19/h1-2,4,6-10,19H,3,5,11-12H2. The number of ether oxygens (including phenoxy) is 1. The predicted octanol–water partition coefficient (Wildman–Crippen LogP) is 3.36. The van der Waals surface area contributed by atoms with Crippen LogP contribution in [0.25, 0.3) is 0 Å². The Hall–Kier alpha value is -2.20. The first kappa shape index (κ1) is 15.2. The van der Waals surface area contributed by atoms with Gasteiger partial charge in [-0.1, -0.05) is 18.2 Å². The summed E-state index contributed by atoms with van der Waals surface area (Å²) in [6.07, 6.45) is 0.906. The van der Waals surface area contributed by atoms with Crippen molar-refractivity contribution >= 4 is 5.78 Å². The van der Waals surface area contributed by atoms with Crippen molar-refractivity contribution in [3.05, 3.63) is 65.5 Å². The predicted molar refractivity (Wildman–Crippen MR) is 77.8 cm³/mol. The molecule has 0 aliphatic heterocycles. The molecule has 110 valence electrons. The Morgan fingerprint density at radius 1 is 1.10 bits per heavy atom. The molecule has 0 radical (unpaired) electrons. The Balaban J connectivity index is 1.79. The maximum atomic E-state index is 12.8. The molecular weight excluding hydrogens is 271 g/mol. The van der Waals surface area contributed by atoms with E-state index in [4.69, 9.17) is 9.84 Å². The van der Waals surface area contributed by atoms with Gasteiger partial charge in [0.05, 0.1) is 13.2 Å². The second kappa shape index (κ2) is 7.55. The summed E-state index contributed by atoms with van der Waals surface area (Å²) in [5.74, 6) is 0.249. The SMILES string of the molecule is O=C(CCCOc1ccccc1CO)c1ccc(F)cc1. The Kier molecular flexibility index (Phi) is 5.46. The molecule has 2 aromatic carbocycles. The molecule has 0 aromatic heterocycles. The minimum atomic E-state index is -0.351. The summed E-state index contributed by atoms with van der Waals surface area (Å²) in [5.41, 5.74) is 1.23. The van der Waals surface area contributed by atoms with E-state index in [1.807, 2.05) is 12.1 Å². The van der Waals surface area contributed by atoms with Gasteiger partial charge in [0, 0.05) is 17.5 Å².